The topological polar surface area (TPSA) is 108 Å². The number of aryl methyl sites for hydroxylation is 1. The number of hydrogen-bond donors (Lipinski definition) is 1. The van der Waals surface area contributed by atoms with Crippen molar-refractivity contribution >= 4 is 23.5 Å². The molecule has 1 saturated heterocycles. The molecule has 0 aliphatic carbocycles. The van der Waals surface area contributed by atoms with Crippen LogP contribution in [0, 0.1) is 17.2 Å². The van der Waals surface area contributed by atoms with Crippen molar-refractivity contribution in [2.45, 2.75) is 32.3 Å². The standard InChI is InChI=1S/C28H29ClN4O4/c1-32-24(10-2-3-13-37-18-20-7-5-9-23(29)15-20)25(27(34)33-12-11-22(17-33)28(35)36)26(31-32)21-8-4-6-19(14-21)16-30/h4-9,14-15,22H,2-3,10-13,17-18H2,1H3,(H,35,36)/t22-/m0/s1. The minimum Gasteiger partial charge on any atom is -0.481 e. The number of aliphatic carboxylic acids is 1. The second-order valence-corrected chi connectivity index (χ2v) is 9.64. The number of hydrogen-bond acceptors (Lipinski definition) is 5. The lowest BCUT2D eigenvalue weighted by Crippen LogP contribution is -2.31. The molecule has 4 rings (SSSR count). The number of aromatic nitrogens is 2. The number of nitrogens with zero attached hydrogens (tertiary/aromatic N) is 4. The first kappa shape index (κ1) is 26.4. The van der Waals surface area contributed by atoms with Gasteiger partial charge >= 0.3 is 5.97 Å². The quantitative estimate of drug-likeness (QED) is 0.388. The third kappa shape index (κ3) is 6.37. The van der Waals surface area contributed by atoms with Gasteiger partial charge in [0.2, 0.25) is 0 Å². The van der Waals surface area contributed by atoms with Gasteiger partial charge in [-0.2, -0.15) is 10.4 Å². The van der Waals surface area contributed by atoms with Crippen LogP contribution in [0.25, 0.3) is 11.3 Å². The summed E-state index contributed by atoms with van der Waals surface area (Å²) in [5.41, 5.74) is 3.95. The molecular formula is C28H29ClN4O4. The molecule has 0 bridgehead atoms. The van der Waals surface area contributed by atoms with E-state index in [1.165, 1.54) is 0 Å². The predicted molar refractivity (Wildman–Crippen MR) is 139 cm³/mol. The molecule has 1 aliphatic heterocycles. The molecule has 1 aromatic heterocycles. The number of nitriles is 1. The highest BCUT2D eigenvalue weighted by molar-refractivity contribution is 6.30. The Morgan fingerprint density at radius 1 is 1.22 bits per heavy atom. The van der Waals surface area contributed by atoms with Gasteiger partial charge < -0.3 is 14.7 Å². The summed E-state index contributed by atoms with van der Waals surface area (Å²) in [7, 11) is 1.81. The van der Waals surface area contributed by atoms with E-state index in [2.05, 4.69) is 11.2 Å². The van der Waals surface area contributed by atoms with E-state index in [1.807, 2.05) is 37.4 Å². The number of amides is 1. The Hall–Kier alpha value is -3.67. The first-order chi connectivity index (χ1) is 17.9. The summed E-state index contributed by atoms with van der Waals surface area (Å²) < 4.78 is 7.52. The van der Waals surface area contributed by atoms with Crippen LogP contribution < -0.4 is 0 Å². The molecule has 9 heteroatoms. The highest BCUT2D eigenvalue weighted by Gasteiger charge is 2.34. The SMILES string of the molecule is Cn1nc(-c2cccc(C#N)c2)c(C(=O)N2CC[C@H](C(=O)O)C2)c1CCCCOCc1cccc(Cl)c1. The van der Waals surface area contributed by atoms with Crippen molar-refractivity contribution in [3.05, 3.63) is 75.9 Å². The molecule has 0 unspecified atom stereocenters. The number of carbonyl (C=O) groups is 2. The molecule has 2 heterocycles. The zero-order valence-corrected chi connectivity index (χ0v) is 21.4. The summed E-state index contributed by atoms with van der Waals surface area (Å²) >= 11 is 6.02. The van der Waals surface area contributed by atoms with Gasteiger partial charge in [-0.1, -0.05) is 35.9 Å². The molecule has 3 aromatic rings. The summed E-state index contributed by atoms with van der Waals surface area (Å²) in [5, 5.41) is 24.1. The lowest BCUT2D eigenvalue weighted by atomic mass is 10.0. The molecule has 0 spiro atoms. The number of benzene rings is 2. The van der Waals surface area contributed by atoms with Crippen LogP contribution in [0.3, 0.4) is 0 Å². The van der Waals surface area contributed by atoms with Crippen molar-refractivity contribution in [2.75, 3.05) is 19.7 Å². The van der Waals surface area contributed by atoms with Crippen LogP contribution in [0.15, 0.2) is 48.5 Å². The smallest absolute Gasteiger partial charge is 0.308 e. The first-order valence-electron chi connectivity index (χ1n) is 12.3. The number of carboxylic acids is 1. The molecule has 0 radical (unpaired) electrons. The van der Waals surface area contributed by atoms with Crippen LogP contribution in [0.4, 0.5) is 0 Å². The third-order valence-corrected chi connectivity index (χ3v) is 6.81. The van der Waals surface area contributed by atoms with Gasteiger partial charge in [0.05, 0.1) is 35.4 Å². The Labute approximate surface area is 221 Å². The fourth-order valence-electron chi connectivity index (χ4n) is 4.63. The number of ether oxygens (including phenoxy) is 1. The van der Waals surface area contributed by atoms with Crippen LogP contribution in [0.1, 0.15) is 46.4 Å². The average Bonchev–Trinajstić information content (AvgIpc) is 3.51. The van der Waals surface area contributed by atoms with Gasteiger partial charge in [-0.3, -0.25) is 14.3 Å². The summed E-state index contributed by atoms with van der Waals surface area (Å²) in [5.74, 6) is -1.67. The van der Waals surface area contributed by atoms with Crippen molar-refractivity contribution in [1.82, 2.24) is 14.7 Å². The highest BCUT2D eigenvalue weighted by Crippen LogP contribution is 2.30. The molecule has 0 saturated carbocycles. The van der Waals surface area contributed by atoms with Crippen LogP contribution in [-0.4, -0.2) is 51.4 Å². The first-order valence-corrected chi connectivity index (χ1v) is 12.7. The van der Waals surface area contributed by atoms with E-state index >= 15 is 0 Å². The zero-order valence-electron chi connectivity index (χ0n) is 20.7. The Kier molecular flexibility index (Phi) is 8.59. The Bertz CT molecular complexity index is 1330. The molecule has 192 valence electrons. The number of likely N-dealkylation sites (tertiary alicyclic amines) is 1. The largest absolute Gasteiger partial charge is 0.481 e. The van der Waals surface area contributed by atoms with Crippen LogP contribution >= 0.6 is 11.6 Å². The third-order valence-electron chi connectivity index (χ3n) is 6.58. The second kappa shape index (κ2) is 12.0. The number of rotatable bonds is 10. The van der Waals surface area contributed by atoms with Gasteiger partial charge in [-0.15, -0.1) is 0 Å². The minimum absolute atomic E-state index is 0.178. The van der Waals surface area contributed by atoms with Crippen LogP contribution in [-0.2, 0) is 29.6 Å². The van der Waals surface area contributed by atoms with E-state index in [9.17, 15) is 20.0 Å². The number of unbranched alkanes of at least 4 members (excludes halogenated alkanes) is 1. The van der Waals surface area contributed by atoms with E-state index in [0.29, 0.717) is 60.0 Å². The van der Waals surface area contributed by atoms with E-state index in [4.69, 9.17) is 16.3 Å². The van der Waals surface area contributed by atoms with E-state index in [-0.39, 0.29) is 12.5 Å². The van der Waals surface area contributed by atoms with Crippen molar-refractivity contribution < 1.29 is 19.4 Å². The average molecular weight is 521 g/mol. The van der Waals surface area contributed by atoms with Crippen molar-refractivity contribution in [2.24, 2.45) is 13.0 Å². The Morgan fingerprint density at radius 2 is 2.03 bits per heavy atom. The summed E-state index contributed by atoms with van der Waals surface area (Å²) in [6, 6.07) is 16.7. The minimum atomic E-state index is -0.888. The van der Waals surface area contributed by atoms with Gasteiger partial charge in [0, 0.05) is 37.3 Å². The summed E-state index contributed by atoms with van der Waals surface area (Å²) in [6.07, 6.45) is 2.62. The van der Waals surface area contributed by atoms with Gasteiger partial charge in [0.25, 0.3) is 5.91 Å². The lowest BCUT2D eigenvalue weighted by molar-refractivity contribution is -0.141. The molecule has 1 fully saturated rings. The van der Waals surface area contributed by atoms with Crippen molar-refractivity contribution in [3.8, 4) is 17.3 Å². The van der Waals surface area contributed by atoms with Gasteiger partial charge in [0.15, 0.2) is 0 Å². The molecule has 8 nitrogen and oxygen atoms in total. The van der Waals surface area contributed by atoms with Crippen molar-refractivity contribution in [1.29, 1.82) is 5.26 Å². The number of carboxylic acid groups (broad SMARTS) is 1. The highest BCUT2D eigenvalue weighted by atomic mass is 35.5. The van der Waals surface area contributed by atoms with Crippen molar-refractivity contribution in [3.63, 3.8) is 0 Å². The normalized spacial score (nSPS) is 15.1. The Balaban J connectivity index is 1.50. The van der Waals surface area contributed by atoms with E-state index in [0.717, 1.165) is 24.1 Å². The fourth-order valence-corrected chi connectivity index (χ4v) is 4.84. The van der Waals surface area contributed by atoms with Crippen LogP contribution in [0.2, 0.25) is 5.02 Å². The lowest BCUT2D eigenvalue weighted by Gasteiger charge is -2.17. The van der Waals surface area contributed by atoms with E-state index in [1.54, 1.807) is 27.8 Å². The maximum Gasteiger partial charge on any atom is 0.308 e. The monoisotopic (exact) mass is 520 g/mol. The number of halogens is 1. The molecule has 2 aromatic carbocycles. The Morgan fingerprint density at radius 3 is 2.76 bits per heavy atom. The second-order valence-electron chi connectivity index (χ2n) is 9.20. The van der Waals surface area contributed by atoms with Gasteiger partial charge in [-0.05, 0) is 55.5 Å². The summed E-state index contributed by atoms with van der Waals surface area (Å²) in [6.45, 7) is 1.61. The number of carbonyl (C=O) groups excluding carboxylic acids is 1. The van der Waals surface area contributed by atoms with Gasteiger partial charge in [-0.25, -0.2) is 0 Å². The molecule has 1 N–H and O–H groups in total. The molecule has 37 heavy (non-hydrogen) atoms. The zero-order chi connectivity index (χ0) is 26.4. The fraction of sp³-hybridized carbons (Fsp3) is 0.357. The molecule has 1 amide bonds. The van der Waals surface area contributed by atoms with Gasteiger partial charge in [0.1, 0.15) is 5.69 Å². The molecule has 1 atom stereocenters. The van der Waals surface area contributed by atoms with E-state index < -0.39 is 11.9 Å². The summed E-state index contributed by atoms with van der Waals surface area (Å²) in [4.78, 5) is 26.8. The maximum atomic E-state index is 13.7. The predicted octanol–water partition coefficient (Wildman–Crippen LogP) is 4.70. The van der Waals surface area contributed by atoms with Crippen LogP contribution in [0.5, 0.6) is 0 Å². The maximum absolute atomic E-state index is 13.7. The molecular weight excluding hydrogens is 492 g/mol. The molecule has 1 aliphatic rings.